The van der Waals surface area contributed by atoms with E-state index in [9.17, 15) is 8.42 Å². The van der Waals surface area contributed by atoms with Gasteiger partial charge in [0.25, 0.3) is 10.2 Å². The van der Waals surface area contributed by atoms with Crippen LogP contribution < -0.4 is 4.72 Å². The second-order valence-corrected chi connectivity index (χ2v) is 8.29. The molecule has 1 heterocycles. The summed E-state index contributed by atoms with van der Waals surface area (Å²) in [5, 5.41) is 0.968. The Morgan fingerprint density at radius 3 is 2.39 bits per heavy atom. The van der Waals surface area contributed by atoms with Gasteiger partial charge < -0.3 is 0 Å². The normalized spacial score (nSPS) is 19.1. The average Bonchev–Trinajstić information content (AvgIpc) is 2.36. The Kier molecular flexibility index (Phi) is 6.58. The first-order chi connectivity index (χ1) is 8.37. The summed E-state index contributed by atoms with van der Waals surface area (Å²) < 4.78 is 28.6. The molecule has 0 radical (unpaired) electrons. The first-order valence-corrected chi connectivity index (χ1v) is 9.24. The third-order valence-electron chi connectivity index (χ3n) is 3.38. The summed E-state index contributed by atoms with van der Waals surface area (Å²) in [5.74, 6) is 0. The van der Waals surface area contributed by atoms with Crippen molar-refractivity contribution in [3.63, 3.8) is 0 Å². The van der Waals surface area contributed by atoms with Crippen LogP contribution in [-0.2, 0) is 10.2 Å². The molecular weight excluding hydrogens is 316 g/mol. The van der Waals surface area contributed by atoms with Gasteiger partial charge in [-0.3, -0.25) is 0 Å². The van der Waals surface area contributed by atoms with E-state index in [4.69, 9.17) is 0 Å². The molecule has 0 aliphatic carbocycles. The molecule has 0 bridgehead atoms. The van der Waals surface area contributed by atoms with Gasteiger partial charge in [0.2, 0.25) is 0 Å². The Hall–Kier alpha value is 0.350. The highest BCUT2D eigenvalue weighted by atomic mass is 79.9. The number of nitrogens with one attached hydrogen (secondary N) is 1. The fraction of sp³-hybridized carbons (Fsp3) is 1.00. The topological polar surface area (TPSA) is 49.4 Å². The first kappa shape index (κ1) is 16.4. The van der Waals surface area contributed by atoms with Gasteiger partial charge >= 0.3 is 0 Å². The van der Waals surface area contributed by atoms with Gasteiger partial charge in [0, 0.05) is 25.0 Å². The van der Waals surface area contributed by atoms with Crippen LogP contribution in [0.1, 0.15) is 46.0 Å². The maximum absolute atomic E-state index is 12.1. The highest BCUT2D eigenvalue weighted by molar-refractivity contribution is 9.09. The third-order valence-corrected chi connectivity index (χ3v) is 5.49. The Morgan fingerprint density at radius 2 is 1.83 bits per heavy atom. The van der Waals surface area contributed by atoms with Crippen molar-refractivity contribution in [3.05, 3.63) is 0 Å². The molecule has 6 heteroatoms. The molecule has 1 saturated heterocycles. The van der Waals surface area contributed by atoms with E-state index in [1.807, 2.05) is 0 Å². The standard InChI is InChI=1S/C12H25BrN2O2S/c1-12(2,7-6-8-13)11-14-18(16,17)15-9-4-3-5-10-15/h14H,3-11H2,1-2H3. The van der Waals surface area contributed by atoms with Crippen molar-refractivity contribution < 1.29 is 8.42 Å². The number of halogens is 1. The number of piperidine rings is 1. The van der Waals surface area contributed by atoms with Crippen molar-refractivity contribution in [2.75, 3.05) is 25.0 Å². The second kappa shape index (κ2) is 7.22. The van der Waals surface area contributed by atoms with E-state index in [0.717, 1.165) is 37.4 Å². The van der Waals surface area contributed by atoms with Crippen LogP contribution >= 0.6 is 15.9 Å². The van der Waals surface area contributed by atoms with Crippen molar-refractivity contribution in [1.82, 2.24) is 9.03 Å². The summed E-state index contributed by atoms with van der Waals surface area (Å²) in [6, 6.07) is 0. The molecule has 1 fully saturated rings. The Morgan fingerprint density at radius 1 is 1.22 bits per heavy atom. The molecule has 4 nitrogen and oxygen atoms in total. The van der Waals surface area contributed by atoms with Crippen LogP contribution in [0.3, 0.4) is 0 Å². The molecule has 0 spiro atoms. The predicted octanol–water partition coefficient (Wildman–Crippen LogP) is 2.51. The zero-order valence-corrected chi connectivity index (χ0v) is 13.8. The summed E-state index contributed by atoms with van der Waals surface area (Å²) in [5.41, 5.74) is 0.0105. The summed E-state index contributed by atoms with van der Waals surface area (Å²) in [7, 11) is -3.27. The largest absolute Gasteiger partial charge is 0.279 e. The second-order valence-electron chi connectivity index (χ2n) is 5.74. The maximum Gasteiger partial charge on any atom is 0.279 e. The van der Waals surface area contributed by atoms with E-state index >= 15 is 0 Å². The summed E-state index contributed by atoms with van der Waals surface area (Å²) in [6.07, 6.45) is 5.18. The van der Waals surface area contributed by atoms with Crippen LogP contribution in [0.2, 0.25) is 0 Å². The number of hydrogen-bond donors (Lipinski definition) is 1. The van der Waals surface area contributed by atoms with Gasteiger partial charge in [0.05, 0.1) is 0 Å². The van der Waals surface area contributed by atoms with Crippen LogP contribution in [0, 0.1) is 5.41 Å². The minimum absolute atomic E-state index is 0.0105. The molecule has 1 rings (SSSR count). The zero-order chi connectivity index (χ0) is 13.6. The van der Waals surface area contributed by atoms with Crippen LogP contribution in [-0.4, -0.2) is 37.7 Å². The molecule has 1 aliphatic heterocycles. The third kappa shape index (κ3) is 5.55. The summed E-state index contributed by atoms with van der Waals surface area (Å²) >= 11 is 3.41. The lowest BCUT2D eigenvalue weighted by Crippen LogP contribution is -2.46. The Bertz CT molecular complexity index is 338. The van der Waals surface area contributed by atoms with Crippen LogP contribution in [0.4, 0.5) is 0 Å². The zero-order valence-electron chi connectivity index (χ0n) is 11.4. The number of hydrogen-bond acceptors (Lipinski definition) is 2. The SMILES string of the molecule is CC(C)(CCCBr)CNS(=O)(=O)N1CCCCC1. The molecule has 18 heavy (non-hydrogen) atoms. The highest BCUT2D eigenvalue weighted by Crippen LogP contribution is 2.22. The smallest absolute Gasteiger partial charge is 0.202 e. The molecule has 0 aromatic heterocycles. The van der Waals surface area contributed by atoms with Gasteiger partial charge in [-0.1, -0.05) is 36.2 Å². The number of rotatable bonds is 7. The molecule has 0 saturated carbocycles. The van der Waals surface area contributed by atoms with Crippen molar-refractivity contribution >= 4 is 26.1 Å². The van der Waals surface area contributed by atoms with E-state index in [1.54, 1.807) is 4.31 Å². The lowest BCUT2D eigenvalue weighted by molar-refractivity contribution is 0.312. The fourth-order valence-corrected chi connectivity index (χ4v) is 3.89. The molecule has 0 amide bonds. The highest BCUT2D eigenvalue weighted by Gasteiger charge is 2.26. The van der Waals surface area contributed by atoms with Crippen LogP contribution in [0.15, 0.2) is 0 Å². The van der Waals surface area contributed by atoms with Crippen LogP contribution in [0.5, 0.6) is 0 Å². The van der Waals surface area contributed by atoms with E-state index in [-0.39, 0.29) is 5.41 Å². The number of alkyl halides is 1. The molecule has 1 aliphatic rings. The quantitative estimate of drug-likeness (QED) is 0.724. The van der Waals surface area contributed by atoms with Crippen molar-refractivity contribution in [3.8, 4) is 0 Å². The van der Waals surface area contributed by atoms with E-state index < -0.39 is 10.2 Å². The van der Waals surface area contributed by atoms with E-state index in [1.165, 1.54) is 0 Å². The lowest BCUT2D eigenvalue weighted by Gasteiger charge is -2.29. The monoisotopic (exact) mass is 340 g/mol. The van der Waals surface area contributed by atoms with Gasteiger partial charge in [-0.15, -0.1) is 0 Å². The van der Waals surface area contributed by atoms with E-state index in [0.29, 0.717) is 19.6 Å². The van der Waals surface area contributed by atoms with Gasteiger partial charge in [0.1, 0.15) is 0 Å². The molecule has 0 atom stereocenters. The van der Waals surface area contributed by atoms with Gasteiger partial charge in [-0.05, 0) is 31.1 Å². The van der Waals surface area contributed by atoms with Gasteiger partial charge in [-0.2, -0.15) is 12.7 Å². The Balaban J connectivity index is 2.45. The molecule has 1 N–H and O–H groups in total. The summed E-state index contributed by atoms with van der Waals surface area (Å²) in [4.78, 5) is 0. The van der Waals surface area contributed by atoms with Gasteiger partial charge in [0.15, 0.2) is 0 Å². The molecule has 0 aromatic rings. The predicted molar refractivity (Wildman–Crippen MR) is 79.2 cm³/mol. The average molecular weight is 341 g/mol. The fourth-order valence-electron chi connectivity index (χ4n) is 2.12. The molecule has 0 aromatic carbocycles. The van der Waals surface area contributed by atoms with E-state index in [2.05, 4.69) is 34.5 Å². The summed E-state index contributed by atoms with van der Waals surface area (Å²) in [6.45, 7) is 6.05. The minimum atomic E-state index is -3.27. The van der Waals surface area contributed by atoms with Crippen molar-refractivity contribution in [2.24, 2.45) is 5.41 Å². The lowest BCUT2D eigenvalue weighted by atomic mass is 9.88. The van der Waals surface area contributed by atoms with Crippen LogP contribution in [0.25, 0.3) is 0 Å². The first-order valence-electron chi connectivity index (χ1n) is 6.68. The maximum atomic E-state index is 12.1. The Labute approximate surface area is 120 Å². The van der Waals surface area contributed by atoms with Crippen molar-refractivity contribution in [2.45, 2.75) is 46.0 Å². The number of nitrogens with zero attached hydrogens (tertiary/aromatic N) is 1. The molecule has 108 valence electrons. The molecule has 0 unspecified atom stereocenters. The van der Waals surface area contributed by atoms with Gasteiger partial charge in [-0.25, -0.2) is 4.72 Å². The minimum Gasteiger partial charge on any atom is -0.202 e. The molecular formula is C12H25BrN2O2S. The van der Waals surface area contributed by atoms with Crippen molar-refractivity contribution in [1.29, 1.82) is 0 Å².